The summed E-state index contributed by atoms with van der Waals surface area (Å²) in [4.78, 5) is 0. The molecule has 5 heteroatoms. The Kier molecular flexibility index (Phi) is 4.41. The van der Waals surface area contributed by atoms with Crippen LogP contribution in [0.5, 0.6) is 0 Å². The lowest BCUT2D eigenvalue weighted by Crippen LogP contribution is -2.18. The minimum Gasteiger partial charge on any atom is -0.306 e. The lowest BCUT2D eigenvalue weighted by molar-refractivity contribution is 0.469. The third kappa shape index (κ3) is 2.59. The number of halogens is 2. The quantitative estimate of drug-likeness (QED) is 0.490. The molecule has 0 saturated carbocycles. The number of alkyl halides is 2. The molecule has 0 aromatic carbocycles. The highest BCUT2D eigenvalue weighted by Crippen LogP contribution is 1.96. The summed E-state index contributed by atoms with van der Waals surface area (Å²) >= 11 is 2.96. The largest absolute Gasteiger partial charge is 0.306 e. The van der Waals surface area contributed by atoms with E-state index >= 15 is 0 Å². The van der Waals surface area contributed by atoms with Crippen molar-refractivity contribution in [3.8, 4) is 0 Å². The van der Waals surface area contributed by atoms with Gasteiger partial charge in [0.25, 0.3) is 0 Å². The van der Waals surface area contributed by atoms with Crippen molar-refractivity contribution in [3.05, 3.63) is 0 Å². The van der Waals surface area contributed by atoms with Gasteiger partial charge >= 0.3 is 0 Å². The summed E-state index contributed by atoms with van der Waals surface area (Å²) in [6.45, 7) is -0.841. The van der Waals surface area contributed by atoms with E-state index in [1.807, 2.05) is 0 Å². The second-order valence-corrected chi connectivity index (χ2v) is 2.73. The highest BCUT2D eigenvalue weighted by Gasteiger charge is 2.11. The van der Waals surface area contributed by atoms with Crippen LogP contribution in [0.1, 0.15) is 0 Å². The van der Waals surface area contributed by atoms with Gasteiger partial charge in [-0.2, -0.15) is 0 Å². The van der Waals surface area contributed by atoms with E-state index in [1.54, 1.807) is 0 Å². The predicted molar refractivity (Wildman–Crippen MR) is 31.3 cm³/mol. The zero-order valence-electron chi connectivity index (χ0n) is 4.01. The van der Waals surface area contributed by atoms with Crippen molar-refractivity contribution >= 4 is 22.7 Å². The van der Waals surface area contributed by atoms with Crippen molar-refractivity contribution in [2.75, 3.05) is 12.6 Å². The summed E-state index contributed by atoms with van der Waals surface area (Å²) in [5, 5.41) is -0.920. The molecule has 0 fully saturated rings. The van der Waals surface area contributed by atoms with Crippen LogP contribution in [0.4, 0.5) is 4.39 Å². The van der Waals surface area contributed by atoms with E-state index in [4.69, 9.17) is 16.2 Å². The van der Waals surface area contributed by atoms with E-state index in [0.717, 1.165) is 0 Å². The molecule has 8 heavy (non-hydrogen) atoms. The molecule has 0 saturated heterocycles. The van der Waals surface area contributed by atoms with E-state index in [9.17, 15) is 8.60 Å². The zero-order chi connectivity index (χ0) is 6.57. The molecule has 0 rings (SSSR count). The maximum atomic E-state index is 11.5. The van der Waals surface area contributed by atoms with Gasteiger partial charge in [0.15, 0.2) is 11.1 Å². The molecule has 0 radical (unpaired) electrons. The molecular weight excluding hydrogens is 155 g/mol. The highest BCUT2D eigenvalue weighted by atomic mass is 35.5. The molecule has 1 N–H and O–H groups in total. The van der Waals surface area contributed by atoms with Crippen LogP contribution in [0, 0.1) is 0 Å². The fraction of sp³-hybridized carbons (Fsp3) is 1.00. The number of hydrogen-bond acceptors (Lipinski definition) is 1. The molecule has 2 nitrogen and oxygen atoms in total. The molecule has 0 aromatic heterocycles. The van der Waals surface area contributed by atoms with Gasteiger partial charge in [0.2, 0.25) is 0 Å². The molecule has 0 heterocycles. The Morgan fingerprint density at radius 3 is 2.38 bits per heavy atom. The van der Waals surface area contributed by atoms with Gasteiger partial charge < -0.3 is 4.55 Å². The van der Waals surface area contributed by atoms with Crippen molar-refractivity contribution < 1.29 is 13.2 Å². The minimum absolute atomic E-state index is 0.111. The van der Waals surface area contributed by atoms with Gasteiger partial charge in [0.1, 0.15) is 11.9 Å². The van der Waals surface area contributed by atoms with Crippen LogP contribution < -0.4 is 0 Å². The van der Waals surface area contributed by atoms with Crippen LogP contribution in [0.3, 0.4) is 0 Å². The van der Waals surface area contributed by atoms with Crippen LogP contribution in [-0.2, 0) is 11.1 Å². The van der Waals surface area contributed by atoms with E-state index in [-0.39, 0.29) is 5.88 Å². The topological polar surface area (TPSA) is 37.3 Å². The van der Waals surface area contributed by atoms with Gasteiger partial charge in [-0.15, -0.1) is 11.6 Å². The predicted octanol–water partition coefficient (Wildman–Crippen LogP) is 0.785. The fourth-order valence-corrected chi connectivity index (χ4v) is 0.770. The van der Waals surface area contributed by atoms with Gasteiger partial charge in [-0.3, -0.25) is 0 Å². The smallest absolute Gasteiger partial charge is 0.159 e. The first-order valence-electron chi connectivity index (χ1n) is 1.94. The van der Waals surface area contributed by atoms with Crippen molar-refractivity contribution in [2.45, 2.75) is 5.25 Å². The Balaban J connectivity index is 3.52. The van der Waals surface area contributed by atoms with Crippen LogP contribution >= 0.6 is 11.6 Å². The van der Waals surface area contributed by atoms with E-state index < -0.39 is 23.0 Å². The van der Waals surface area contributed by atoms with Crippen LogP contribution in [0.2, 0.25) is 0 Å². The van der Waals surface area contributed by atoms with Gasteiger partial charge in [-0.1, -0.05) is 0 Å². The van der Waals surface area contributed by atoms with Gasteiger partial charge in [0.05, 0.1) is 0 Å². The van der Waals surface area contributed by atoms with Crippen LogP contribution in [0.15, 0.2) is 0 Å². The van der Waals surface area contributed by atoms with Crippen LogP contribution in [-0.4, -0.2) is 26.6 Å². The van der Waals surface area contributed by atoms with E-state index in [2.05, 4.69) is 0 Å². The summed E-state index contributed by atoms with van der Waals surface area (Å²) in [5.41, 5.74) is 0. The molecule has 0 amide bonds. The van der Waals surface area contributed by atoms with Crippen molar-refractivity contribution in [1.82, 2.24) is 0 Å². The lowest BCUT2D eigenvalue weighted by atomic mass is 10.5. The number of rotatable bonds is 3. The zero-order valence-corrected chi connectivity index (χ0v) is 5.58. The summed E-state index contributed by atoms with van der Waals surface area (Å²) in [6.07, 6.45) is 0. The number of hydrogen-bond donors (Lipinski definition) is 1. The van der Waals surface area contributed by atoms with Gasteiger partial charge in [-0.25, -0.2) is 8.60 Å². The summed E-state index contributed by atoms with van der Waals surface area (Å²) in [6, 6.07) is 0. The second kappa shape index (κ2) is 4.23. The second-order valence-electron chi connectivity index (χ2n) is 1.21. The Labute approximate surface area is 54.3 Å². The molecule has 50 valence electrons. The van der Waals surface area contributed by atoms with Gasteiger partial charge in [-0.05, 0) is 0 Å². The van der Waals surface area contributed by atoms with Gasteiger partial charge in [0, 0.05) is 5.88 Å². The van der Waals surface area contributed by atoms with Crippen molar-refractivity contribution in [1.29, 1.82) is 0 Å². The first kappa shape index (κ1) is 8.33. The Morgan fingerprint density at radius 2 is 2.38 bits per heavy atom. The third-order valence-electron chi connectivity index (χ3n) is 0.629. The average Bonchev–Trinajstić information content (AvgIpc) is 1.69. The molecule has 2 unspecified atom stereocenters. The third-order valence-corrected chi connectivity index (χ3v) is 2.05. The minimum atomic E-state index is -2.11. The Hall–Kier alpha value is 0.330. The summed E-state index contributed by atoms with van der Waals surface area (Å²) < 4.78 is 29.6. The van der Waals surface area contributed by atoms with Crippen molar-refractivity contribution in [3.63, 3.8) is 0 Å². The monoisotopic (exact) mass is 160 g/mol. The molecular formula is C3H6ClFO2S. The normalized spacial score (nSPS) is 17.9. The standard InChI is InChI=1S/C3H6ClFO2S/c4-1-3(2-5)8(6)7/h3H,1-2H2,(H,6,7). The first-order valence-corrected chi connectivity index (χ1v) is 3.64. The van der Waals surface area contributed by atoms with E-state index in [1.165, 1.54) is 0 Å². The SMILES string of the molecule is O=S(O)C(CF)CCl. The molecule has 0 aliphatic carbocycles. The fourth-order valence-electron chi connectivity index (χ4n) is 0.149. The molecule has 0 aromatic rings. The van der Waals surface area contributed by atoms with Crippen LogP contribution in [0.25, 0.3) is 0 Å². The molecule has 0 aliphatic heterocycles. The lowest BCUT2D eigenvalue weighted by Gasteiger charge is -2.00. The molecule has 0 bridgehead atoms. The van der Waals surface area contributed by atoms with E-state index in [0.29, 0.717) is 0 Å². The molecule has 0 spiro atoms. The Morgan fingerprint density at radius 1 is 1.88 bits per heavy atom. The summed E-state index contributed by atoms with van der Waals surface area (Å²) in [5.74, 6) is -0.111. The summed E-state index contributed by atoms with van der Waals surface area (Å²) in [7, 11) is 0. The molecule has 0 aliphatic rings. The Bertz CT molecular complexity index is 85.4. The highest BCUT2D eigenvalue weighted by molar-refractivity contribution is 7.80. The maximum Gasteiger partial charge on any atom is 0.159 e. The molecule has 2 atom stereocenters. The van der Waals surface area contributed by atoms with Crippen molar-refractivity contribution in [2.24, 2.45) is 0 Å². The average molecular weight is 161 g/mol. The first-order chi connectivity index (χ1) is 3.72. The maximum absolute atomic E-state index is 11.5.